The van der Waals surface area contributed by atoms with Crippen LogP contribution in [0.3, 0.4) is 0 Å². The quantitative estimate of drug-likeness (QED) is 0.895. The van der Waals surface area contributed by atoms with Crippen molar-refractivity contribution in [3.63, 3.8) is 0 Å². The monoisotopic (exact) mass is 299 g/mol. The van der Waals surface area contributed by atoms with Gasteiger partial charge in [0.15, 0.2) is 5.13 Å². The van der Waals surface area contributed by atoms with Gasteiger partial charge >= 0.3 is 12.0 Å². The predicted octanol–water partition coefficient (Wildman–Crippen LogP) is 2.98. The number of rotatable bonds is 4. The van der Waals surface area contributed by atoms with Gasteiger partial charge in [0.25, 0.3) is 0 Å². The molecule has 0 fully saturated rings. The number of amides is 2. The molecule has 0 atom stereocenters. The highest BCUT2D eigenvalue weighted by Gasteiger charge is 2.29. The molecule has 0 aliphatic rings. The van der Waals surface area contributed by atoms with Crippen molar-refractivity contribution in [2.24, 2.45) is 0 Å². The maximum Gasteiger partial charge on any atom is 0.324 e. The lowest BCUT2D eigenvalue weighted by Crippen LogP contribution is -2.50. The number of aromatic nitrogens is 1. The van der Waals surface area contributed by atoms with Crippen molar-refractivity contribution in [3.05, 3.63) is 11.1 Å². The van der Waals surface area contributed by atoms with E-state index in [-0.39, 0.29) is 12.5 Å². The van der Waals surface area contributed by atoms with E-state index in [1.807, 2.05) is 19.2 Å². The van der Waals surface area contributed by atoms with E-state index in [9.17, 15) is 9.59 Å². The zero-order valence-electron chi connectivity index (χ0n) is 12.4. The van der Waals surface area contributed by atoms with E-state index in [4.69, 9.17) is 5.11 Å². The van der Waals surface area contributed by atoms with Crippen LogP contribution >= 0.6 is 11.3 Å². The molecule has 0 saturated heterocycles. The third kappa shape index (κ3) is 4.48. The van der Waals surface area contributed by atoms with Crippen LogP contribution in [0.1, 0.15) is 46.2 Å². The third-order valence-electron chi connectivity index (χ3n) is 2.68. The molecule has 2 N–H and O–H groups in total. The Morgan fingerprint density at radius 3 is 2.45 bits per heavy atom. The first-order chi connectivity index (χ1) is 9.11. The third-order valence-corrected chi connectivity index (χ3v) is 3.45. The highest BCUT2D eigenvalue weighted by Crippen LogP contribution is 2.22. The second-order valence-electron chi connectivity index (χ2n) is 5.81. The number of thiazole rings is 1. The van der Waals surface area contributed by atoms with Crippen LogP contribution in [0.4, 0.5) is 9.93 Å². The van der Waals surface area contributed by atoms with Gasteiger partial charge in [0.1, 0.15) is 6.54 Å². The first kappa shape index (κ1) is 16.4. The van der Waals surface area contributed by atoms with Gasteiger partial charge in [-0.3, -0.25) is 10.1 Å². The van der Waals surface area contributed by atoms with Gasteiger partial charge in [0.2, 0.25) is 0 Å². The van der Waals surface area contributed by atoms with Crippen molar-refractivity contribution in [1.29, 1.82) is 0 Å². The summed E-state index contributed by atoms with van der Waals surface area (Å²) in [5.74, 6) is -0.758. The summed E-state index contributed by atoms with van der Waals surface area (Å²) < 4.78 is 0. The van der Waals surface area contributed by atoms with E-state index in [1.165, 1.54) is 16.2 Å². The average Bonchev–Trinajstić information content (AvgIpc) is 2.72. The van der Waals surface area contributed by atoms with Gasteiger partial charge in [-0.1, -0.05) is 13.8 Å². The fourth-order valence-corrected chi connectivity index (χ4v) is 2.38. The number of hydrogen-bond acceptors (Lipinski definition) is 4. The highest BCUT2D eigenvalue weighted by atomic mass is 32.1. The summed E-state index contributed by atoms with van der Waals surface area (Å²) >= 11 is 1.34. The molecule has 1 rings (SSSR count). The van der Waals surface area contributed by atoms with Gasteiger partial charge in [-0.25, -0.2) is 9.78 Å². The normalized spacial score (nSPS) is 11.5. The molecule has 1 aromatic heterocycles. The lowest BCUT2D eigenvalue weighted by atomic mass is 10.1. The Labute approximate surface area is 122 Å². The van der Waals surface area contributed by atoms with Crippen LogP contribution < -0.4 is 5.32 Å². The van der Waals surface area contributed by atoms with Crippen molar-refractivity contribution >= 4 is 28.5 Å². The van der Waals surface area contributed by atoms with Crippen molar-refractivity contribution in [1.82, 2.24) is 9.88 Å². The zero-order chi connectivity index (χ0) is 15.5. The van der Waals surface area contributed by atoms with Gasteiger partial charge in [-0.2, -0.15) is 0 Å². The summed E-state index contributed by atoms with van der Waals surface area (Å²) in [7, 11) is 0. The summed E-state index contributed by atoms with van der Waals surface area (Å²) in [5, 5.41) is 13.9. The van der Waals surface area contributed by atoms with Crippen molar-refractivity contribution in [2.45, 2.75) is 46.1 Å². The number of carbonyl (C=O) groups is 2. The van der Waals surface area contributed by atoms with Crippen LogP contribution in [-0.4, -0.2) is 39.1 Å². The smallest absolute Gasteiger partial charge is 0.324 e. The second kappa shape index (κ2) is 6.21. The Morgan fingerprint density at radius 2 is 2.05 bits per heavy atom. The van der Waals surface area contributed by atoms with E-state index < -0.39 is 17.5 Å². The molecule has 6 nitrogen and oxygen atoms in total. The summed E-state index contributed by atoms with van der Waals surface area (Å²) in [5.41, 5.74) is 0.325. The van der Waals surface area contributed by atoms with E-state index in [1.54, 1.807) is 20.8 Å². The molecule has 1 aromatic rings. The predicted molar refractivity (Wildman–Crippen MR) is 79.3 cm³/mol. The molecule has 0 aliphatic carbocycles. The van der Waals surface area contributed by atoms with Crippen LogP contribution in [0.5, 0.6) is 0 Å². The molecule has 0 spiro atoms. The molecule has 0 aromatic carbocycles. The number of carbonyl (C=O) groups excluding carboxylic acids is 1. The minimum atomic E-state index is -1.04. The Balaban J connectivity index is 2.82. The molecule has 0 aliphatic heterocycles. The molecule has 2 amide bonds. The first-order valence-corrected chi connectivity index (χ1v) is 7.25. The lowest BCUT2D eigenvalue weighted by molar-refractivity contribution is -0.138. The van der Waals surface area contributed by atoms with Gasteiger partial charge in [0.05, 0.1) is 5.69 Å². The Bertz CT molecular complexity index is 491. The molecule has 7 heteroatoms. The van der Waals surface area contributed by atoms with E-state index in [0.29, 0.717) is 5.13 Å². The van der Waals surface area contributed by atoms with Gasteiger partial charge in [-0.15, -0.1) is 11.3 Å². The van der Waals surface area contributed by atoms with Crippen LogP contribution in [0.15, 0.2) is 5.38 Å². The molecular weight excluding hydrogens is 278 g/mol. The SMILES string of the molecule is CC(C)c1csc(NC(=O)N(CC(=O)O)C(C)(C)C)n1. The minimum absolute atomic E-state index is 0.287. The van der Waals surface area contributed by atoms with Gasteiger partial charge in [0, 0.05) is 10.9 Å². The Hall–Kier alpha value is -1.63. The Morgan fingerprint density at radius 1 is 1.45 bits per heavy atom. The fraction of sp³-hybridized carbons (Fsp3) is 0.615. The number of carboxylic acids is 1. The Kier molecular flexibility index (Phi) is 5.10. The molecular formula is C13H21N3O3S. The number of urea groups is 1. The summed E-state index contributed by atoms with van der Waals surface area (Å²) in [6.07, 6.45) is 0. The van der Waals surface area contributed by atoms with Crippen LogP contribution in [0.25, 0.3) is 0 Å². The van der Waals surface area contributed by atoms with Crippen molar-refractivity contribution in [2.75, 3.05) is 11.9 Å². The second-order valence-corrected chi connectivity index (χ2v) is 6.67. The topological polar surface area (TPSA) is 82.5 Å². The molecule has 0 bridgehead atoms. The van der Waals surface area contributed by atoms with E-state index in [0.717, 1.165) is 5.69 Å². The van der Waals surface area contributed by atoms with E-state index >= 15 is 0 Å². The summed E-state index contributed by atoms with van der Waals surface area (Å²) in [4.78, 5) is 28.6. The maximum atomic E-state index is 12.2. The lowest BCUT2D eigenvalue weighted by Gasteiger charge is -2.33. The molecule has 1 heterocycles. The zero-order valence-corrected chi connectivity index (χ0v) is 13.2. The number of hydrogen-bond donors (Lipinski definition) is 2. The standard InChI is InChI=1S/C13H21N3O3S/c1-8(2)9-7-20-11(14-9)15-12(19)16(6-10(17)18)13(3,4)5/h7-8H,6H2,1-5H3,(H,17,18)(H,14,15,19). The number of anilines is 1. The van der Waals surface area contributed by atoms with Crippen LogP contribution in [0, 0.1) is 0 Å². The van der Waals surface area contributed by atoms with Crippen LogP contribution in [0.2, 0.25) is 0 Å². The molecule has 0 unspecified atom stereocenters. The fourth-order valence-electron chi connectivity index (χ4n) is 1.52. The minimum Gasteiger partial charge on any atom is -0.480 e. The first-order valence-electron chi connectivity index (χ1n) is 6.37. The van der Waals surface area contributed by atoms with Crippen molar-refractivity contribution in [3.8, 4) is 0 Å². The van der Waals surface area contributed by atoms with E-state index in [2.05, 4.69) is 10.3 Å². The largest absolute Gasteiger partial charge is 0.480 e. The maximum absolute atomic E-state index is 12.2. The summed E-state index contributed by atoms with van der Waals surface area (Å²) in [6.45, 7) is 9.06. The summed E-state index contributed by atoms with van der Waals surface area (Å²) in [6, 6.07) is -0.454. The van der Waals surface area contributed by atoms with Crippen LogP contribution in [-0.2, 0) is 4.79 Å². The highest BCUT2D eigenvalue weighted by molar-refractivity contribution is 7.13. The van der Waals surface area contributed by atoms with Gasteiger partial charge in [-0.05, 0) is 26.7 Å². The molecule has 112 valence electrons. The molecule has 0 radical (unpaired) electrons. The number of aliphatic carboxylic acids is 1. The molecule has 20 heavy (non-hydrogen) atoms. The number of nitrogens with one attached hydrogen (secondary N) is 1. The van der Waals surface area contributed by atoms with Gasteiger partial charge < -0.3 is 10.0 Å². The number of nitrogens with zero attached hydrogens (tertiary/aromatic N) is 2. The number of carboxylic acid groups (broad SMARTS) is 1. The molecule has 0 saturated carbocycles. The average molecular weight is 299 g/mol. The van der Waals surface area contributed by atoms with Crippen molar-refractivity contribution < 1.29 is 14.7 Å².